The number of nitrogens with two attached hydrogens (primary N) is 1. The van der Waals surface area contributed by atoms with Crippen LogP contribution < -0.4 is 5.73 Å². The Morgan fingerprint density at radius 1 is 1.33 bits per heavy atom. The van der Waals surface area contributed by atoms with Crippen molar-refractivity contribution in [1.29, 1.82) is 0 Å². The second kappa shape index (κ2) is 4.56. The average Bonchev–Trinajstić information content (AvgIpc) is 2.30. The molecule has 0 aliphatic heterocycles. The van der Waals surface area contributed by atoms with Gasteiger partial charge in [0, 0.05) is 16.8 Å². The molecule has 0 amide bonds. The standard InChI is InChI=1S/C14H15NO3/c1-8-4-10(6-11(15)5-8)14(18)9-2-3-12(16)13(17)7-9/h2-4,6-8,16-17H,5,15H2,1H3. The van der Waals surface area contributed by atoms with Crippen molar-refractivity contribution in [2.24, 2.45) is 11.7 Å². The van der Waals surface area contributed by atoms with Gasteiger partial charge in [-0.2, -0.15) is 0 Å². The minimum atomic E-state index is -0.303. The van der Waals surface area contributed by atoms with Crippen molar-refractivity contribution in [3.63, 3.8) is 0 Å². The smallest absolute Gasteiger partial charge is 0.192 e. The molecule has 18 heavy (non-hydrogen) atoms. The number of hydrogen-bond acceptors (Lipinski definition) is 4. The van der Waals surface area contributed by atoms with E-state index >= 15 is 0 Å². The highest BCUT2D eigenvalue weighted by Gasteiger charge is 2.17. The average molecular weight is 245 g/mol. The van der Waals surface area contributed by atoms with Crippen LogP contribution in [0.1, 0.15) is 23.7 Å². The van der Waals surface area contributed by atoms with Crippen LogP contribution in [0, 0.1) is 5.92 Å². The number of carbonyl (C=O) groups is 1. The Morgan fingerprint density at radius 3 is 2.67 bits per heavy atom. The maximum absolute atomic E-state index is 12.2. The number of phenols is 2. The van der Waals surface area contributed by atoms with E-state index in [1.807, 2.05) is 13.0 Å². The van der Waals surface area contributed by atoms with Crippen LogP contribution in [-0.4, -0.2) is 16.0 Å². The van der Waals surface area contributed by atoms with Crippen molar-refractivity contribution >= 4 is 5.78 Å². The number of Topliss-reactive ketones (excluding diaryl/α,β-unsaturated/α-hetero) is 1. The Kier molecular flexibility index (Phi) is 3.10. The van der Waals surface area contributed by atoms with Gasteiger partial charge in [-0.1, -0.05) is 13.0 Å². The molecule has 0 saturated carbocycles. The van der Waals surface area contributed by atoms with E-state index in [4.69, 9.17) is 5.73 Å². The molecule has 4 nitrogen and oxygen atoms in total. The molecule has 1 aliphatic carbocycles. The van der Waals surface area contributed by atoms with Gasteiger partial charge >= 0.3 is 0 Å². The summed E-state index contributed by atoms with van der Waals surface area (Å²) in [7, 11) is 0. The summed E-state index contributed by atoms with van der Waals surface area (Å²) in [6, 6.07) is 4.02. The maximum Gasteiger partial charge on any atom is 0.192 e. The number of allylic oxidation sites excluding steroid dienone is 4. The van der Waals surface area contributed by atoms with Gasteiger partial charge in [0.15, 0.2) is 17.3 Å². The highest BCUT2D eigenvalue weighted by molar-refractivity contribution is 6.11. The fourth-order valence-electron chi connectivity index (χ4n) is 2.02. The monoisotopic (exact) mass is 245 g/mol. The van der Waals surface area contributed by atoms with E-state index in [0.717, 1.165) is 6.42 Å². The van der Waals surface area contributed by atoms with E-state index in [9.17, 15) is 15.0 Å². The quantitative estimate of drug-likeness (QED) is 0.550. The number of phenolic OH excluding ortho intramolecular Hbond substituents is 2. The lowest BCUT2D eigenvalue weighted by Gasteiger charge is -2.15. The molecule has 94 valence electrons. The Hall–Kier alpha value is -2.23. The molecular weight excluding hydrogens is 230 g/mol. The summed E-state index contributed by atoms with van der Waals surface area (Å²) in [4.78, 5) is 12.2. The van der Waals surface area contributed by atoms with Crippen molar-refractivity contribution in [1.82, 2.24) is 0 Å². The zero-order chi connectivity index (χ0) is 13.3. The molecule has 1 aromatic rings. The molecule has 0 fully saturated rings. The maximum atomic E-state index is 12.2. The van der Waals surface area contributed by atoms with Gasteiger partial charge in [-0.3, -0.25) is 4.79 Å². The molecule has 1 atom stereocenters. The first kappa shape index (κ1) is 12.2. The van der Waals surface area contributed by atoms with Crippen LogP contribution in [0.15, 0.2) is 41.6 Å². The molecule has 0 radical (unpaired) electrons. The fraction of sp³-hybridized carbons (Fsp3) is 0.214. The van der Waals surface area contributed by atoms with Crippen LogP contribution in [0.3, 0.4) is 0 Å². The van der Waals surface area contributed by atoms with Gasteiger partial charge in [0.05, 0.1) is 0 Å². The van der Waals surface area contributed by atoms with E-state index in [-0.39, 0.29) is 23.2 Å². The molecule has 0 bridgehead atoms. The van der Waals surface area contributed by atoms with E-state index in [2.05, 4.69) is 0 Å². The second-order valence-corrected chi connectivity index (χ2v) is 4.56. The summed E-state index contributed by atoms with van der Waals surface area (Å²) >= 11 is 0. The van der Waals surface area contributed by atoms with Gasteiger partial charge in [-0.05, 0) is 36.6 Å². The van der Waals surface area contributed by atoms with Crippen LogP contribution in [0.25, 0.3) is 0 Å². The van der Waals surface area contributed by atoms with Crippen LogP contribution in [0.4, 0.5) is 0 Å². The zero-order valence-electron chi connectivity index (χ0n) is 10.1. The minimum Gasteiger partial charge on any atom is -0.504 e. The first-order chi connectivity index (χ1) is 8.47. The molecule has 1 aromatic carbocycles. The largest absolute Gasteiger partial charge is 0.504 e. The van der Waals surface area contributed by atoms with Crippen LogP contribution >= 0.6 is 0 Å². The third kappa shape index (κ3) is 2.37. The van der Waals surface area contributed by atoms with Gasteiger partial charge < -0.3 is 15.9 Å². The lowest BCUT2D eigenvalue weighted by Crippen LogP contribution is -2.12. The number of benzene rings is 1. The molecule has 2 rings (SSSR count). The number of aromatic hydroxyl groups is 2. The molecule has 1 aliphatic rings. The Labute approximate surface area is 105 Å². The summed E-state index contributed by atoms with van der Waals surface area (Å²) < 4.78 is 0. The normalized spacial score (nSPS) is 19.1. The SMILES string of the molecule is CC1C=C(C(=O)c2ccc(O)c(O)c2)C=C(N)C1. The van der Waals surface area contributed by atoms with E-state index in [1.54, 1.807) is 6.08 Å². The number of ketones is 1. The van der Waals surface area contributed by atoms with Crippen molar-refractivity contribution in [3.05, 3.63) is 47.2 Å². The summed E-state index contributed by atoms with van der Waals surface area (Å²) in [5.41, 5.74) is 7.29. The van der Waals surface area contributed by atoms with Gasteiger partial charge in [0.2, 0.25) is 0 Å². The van der Waals surface area contributed by atoms with Gasteiger partial charge in [-0.15, -0.1) is 0 Å². The number of carbonyl (C=O) groups excluding carboxylic acids is 1. The van der Waals surface area contributed by atoms with E-state index < -0.39 is 0 Å². The molecule has 4 heteroatoms. The first-order valence-electron chi connectivity index (χ1n) is 5.72. The molecular formula is C14H15NO3. The molecule has 0 spiro atoms. The highest BCUT2D eigenvalue weighted by Crippen LogP contribution is 2.28. The lowest BCUT2D eigenvalue weighted by atomic mass is 9.91. The van der Waals surface area contributed by atoms with Gasteiger partial charge in [0.1, 0.15) is 0 Å². The topological polar surface area (TPSA) is 83.5 Å². The number of hydrogen-bond donors (Lipinski definition) is 3. The molecule has 0 saturated heterocycles. The van der Waals surface area contributed by atoms with Crippen LogP contribution in [0.2, 0.25) is 0 Å². The van der Waals surface area contributed by atoms with Crippen molar-refractivity contribution in [2.45, 2.75) is 13.3 Å². The predicted molar refractivity (Wildman–Crippen MR) is 68.2 cm³/mol. The zero-order valence-corrected chi connectivity index (χ0v) is 10.1. The third-order valence-corrected chi connectivity index (χ3v) is 2.86. The first-order valence-corrected chi connectivity index (χ1v) is 5.72. The molecule has 0 heterocycles. The summed E-state index contributed by atoms with van der Waals surface area (Å²) in [6.45, 7) is 1.99. The predicted octanol–water partition coefficient (Wildman–Crippen LogP) is 2.09. The van der Waals surface area contributed by atoms with Crippen LogP contribution in [-0.2, 0) is 0 Å². The summed E-state index contributed by atoms with van der Waals surface area (Å²) in [6.07, 6.45) is 4.27. The van der Waals surface area contributed by atoms with Gasteiger partial charge in [0.25, 0.3) is 0 Å². The highest BCUT2D eigenvalue weighted by atomic mass is 16.3. The van der Waals surface area contributed by atoms with Crippen molar-refractivity contribution < 1.29 is 15.0 Å². The van der Waals surface area contributed by atoms with Crippen LogP contribution in [0.5, 0.6) is 11.5 Å². The fourth-order valence-corrected chi connectivity index (χ4v) is 2.02. The molecule has 0 aromatic heterocycles. The van der Waals surface area contributed by atoms with Crippen molar-refractivity contribution in [3.8, 4) is 11.5 Å². The van der Waals surface area contributed by atoms with Gasteiger partial charge in [-0.25, -0.2) is 0 Å². The minimum absolute atomic E-state index is 0.209. The number of rotatable bonds is 2. The molecule has 1 unspecified atom stereocenters. The third-order valence-electron chi connectivity index (χ3n) is 2.86. The molecule has 4 N–H and O–H groups in total. The summed E-state index contributed by atoms with van der Waals surface area (Å²) in [5, 5.41) is 18.6. The Bertz CT molecular complexity index is 558. The second-order valence-electron chi connectivity index (χ2n) is 4.56. The lowest BCUT2D eigenvalue weighted by molar-refractivity contribution is 0.103. The Balaban J connectivity index is 2.34. The van der Waals surface area contributed by atoms with E-state index in [0.29, 0.717) is 16.8 Å². The van der Waals surface area contributed by atoms with E-state index in [1.165, 1.54) is 18.2 Å². The Morgan fingerprint density at radius 2 is 2.06 bits per heavy atom. The van der Waals surface area contributed by atoms with Crippen molar-refractivity contribution in [2.75, 3.05) is 0 Å². The summed E-state index contributed by atoms with van der Waals surface area (Å²) in [5.74, 6) is -0.533.